The van der Waals surface area contributed by atoms with Gasteiger partial charge in [0.2, 0.25) is 0 Å². The van der Waals surface area contributed by atoms with E-state index in [1.807, 2.05) is 6.92 Å². The number of halogens is 1. The van der Waals surface area contributed by atoms with Crippen LogP contribution in [0.15, 0.2) is 21.2 Å². The predicted octanol–water partition coefficient (Wildman–Crippen LogP) is 2.43. The summed E-state index contributed by atoms with van der Waals surface area (Å²) < 4.78 is 11.1. The van der Waals surface area contributed by atoms with Crippen molar-refractivity contribution in [2.75, 3.05) is 13.2 Å². The molecule has 0 amide bonds. The highest BCUT2D eigenvalue weighted by Crippen LogP contribution is 2.26. The van der Waals surface area contributed by atoms with E-state index in [0.717, 1.165) is 0 Å². The first-order valence-corrected chi connectivity index (χ1v) is 6.02. The zero-order valence-corrected chi connectivity index (χ0v) is 11.3. The highest BCUT2D eigenvalue weighted by molar-refractivity contribution is 9.10. The average molecular weight is 290 g/mol. The summed E-state index contributed by atoms with van der Waals surface area (Å²) in [7, 11) is 0. The minimum atomic E-state index is -0.934. The summed E-state index contributed by atoms with van der Waals surface area (Å²) in [5.41, 5.74) is -0.934. The molecule has 0 aliphatic rings. The molecule has 0 fully saturated rings. The molecule has 0 aromatic carbocycles. The largest absolute Gasteiger partial charge is 0.464 e. The molecule has 90 valence electrons. The van der Waals surface area contributed by atoms with Gasteiger partial charge >= 0.3 is 5.97 Å². The molecule has 0 saturated carbocycles. The molecule has 1 N–H and O–H groups in total. The van der Waals surface area contributed by atoms with E-state index < -0.39 is 5.54 Å². The number of hydrogen-bond acceptors (Lipinski definition) is 4. The summed E-state index contributed by atoms with van der Waals surface area (Å²) in [5.74, 6) is 0.207. The van der Waals surface area contributed by atoms with E-state index in [4.69, 9.17) is 9.15 Å². The van der Waals surface area contributed by atoms with Gasteiger partial charge in [-0.2, -0.15) is 0 Å². The quantitative estimate of drug-likeness (QED) is 0.846. The maximum absolute atomic E-state index is 11.9. The zero-order chi connectivity index (χ0) is 12.2. The van der Waals surface area contributed by atoms with E-state index in [2.05, 4.69) is 21.2 Å². The Labute approximate surface area is 103 Å². The summed E-state index contributed by atoms with van der Waals surface area (Å²) in [6.07, 6.45) is 0. The van der Waals surface area contributed by atoms with E-state index in [0.29, 0.717) is 23.6 Å². The van der Waals surface area contributed by atoms with Crippen molar-refractivity contribution in [1.29, 1.82) is 0 Å². The number of carbonyl (C=O) groups is 1. The third-order valence-electron chi connectivity index (χ3n) is 2.28. The Hall–Kier alpha value is -0.810. The molecule has 0 radical (unpaired) electrons. The van der Waals surface area contributed by atoms with Gasteiger partial charge in [-0.05, 0) is 48.5 Å². The van der Waals surface area contributed by atoms with Crippen LogP contribution in [0.5, 0.6) is 0 Å². The van der Waals surface area contributed by atoms with Crippen molar-refractivity contribution in [3.63, 3.8) is 0 Å². The molecular weight excluding hydrogens is 274 g/mol. The fourth-order valence-corrected chi connectivity index (χ4v) is 1.78. The van der Waals surface area contributed by atoms with Crippen molar-refractivity contribution in [2.45, 2.75) is 26.3 Å². The van der Waals surface area contributed by atoms with Crippen molar-refractivity contribution in [2.24, 2.45) is 0 Å². The molecule has 0 aliphatic heterocycles. The first-order chi connectivity index (χ1) is 7.54. The van der Waals surface area contributed by atoms with Crippen molar-refractivity contribution < 1.29 is 13.9 Å². The second kappa shape index (κ2) is 5.50. The van der Waals surface area contributed by atoms with Crippen molar-refractivity contribution >= 4 is 21.9 Å². The van der Waals surface area contributed by atoms with Crippen LogP contribution in [0.3, 0.4) is 0 Å². The Morgan fingerprint density at radius 1 is 1.56 bits per heavy atom. The van der Waals surface area contributed by atoms with Crippen LogP contribution < -0.4 is 5.32 Å². The molecule has 5 heteroatoms. The van der Waals surface area contributed by atoms with Gasteiger partial charge in [-0.25, -0.2) is 4.79 Å². The third-order valence-corrected chi connectivity index (χ3v) is 2.71. The molecule has 1 heterocycles. The Morgan fingerprint density at radius 3 is 2.69 bits per heavy atom. The van der Waals surface area contributed by atoms with E-state index in [9.17, 15) is 4.79 Å². The second-order valence-corrected chi connectivity index (χ2v) is 4.26. The minimum Gasteiger partial charge on any atom is -0.464 e. The molecule has 0 aliphatic carbocycles. The van der Waals surface area contributed by atoms with Crippen molar-refractivity contribution in [1.82, 2.24) is 5.32 Å². The number of likely N-dealkylation sites (N-methyl/N-ethyl adjacent to an activating group) is 1. The van der Waals surface area contributed by atoms with Gasteiger partial charge in [-0.1, -0.05) is 6.92 Å². The fourth-order valence-electron chi connectivity index (χ4n) is 1.47. The topological polar surface area (TPSA) is 51.5 Å². The smallest absolute Gasteiger partial charge is 0.333 e. The van der Waals surface area contributed by atoms with Crippen LogP contribution in [-0.2, 0) is 15.1 Å². The number of rotatable bonds is 5. The van der Waals surface area contributed by atoms with Gasteiger partial charge in [0.25, 0.3) is 0 Å². The van der Waals surface area contributed by atoms with Crippen LogP contribution in [0, 0.1) is 0 Å². The number of ether oxygens (including phenoxy) is 1. The van der Waals surface area contributed by atoms with E-state index in [1.54, 1.807) is 26.0 Å². The first-order valence-electron chi connectivity index (χ1n) is 5.22. The Morgan fingerprint density at radius 2 is 2.25 bits per heavy atom. The third kappa shape index (κ3) is 2.65. The Kier molecular flexibility index (Phi) is 4.56. The molecule has 1 unspecified atom stereocenters. The molecule has 1 aromatic rings. The number of hydrogen-bond donors (Lipinski definition) is 1. The van der Waals surface area contributed by atoms with E-state index in [1.165, 1.54) is 0 Å². The zero-order valence-electron chi connectivity index (χ0n) is 9.67. The van der Waals surface area contributed by atoms with Gasteiger partial charge in [-0.3, -0.25) is 5.32 Å². The normalized spacial score (nSPS) is 14.5. The van der Waals surface area contributed by atoms with Crippen LogP contribution in [-0.4, -0.2) is 19.1 Å². The van der Waals surface area contributed by atoms with Gasteiger partial charge in [0, 0.05) is 0 Å². The van der Waals surface area contributed by atoms with Crippen LogP contribution >= 0.6 is 15.9 Å². The van der Waals surface area contributed by atoms with E-state index in [-0.39, 0.29) is 5.97 Å². The Bertz CT molecular complexity index is 364. The molecule has 1 rings (SSSR count). The molecule has 0 spiro atoms. The summed E-state index contributed by atoms with van der Waals surface area (Å²) in [6.45, 7) is 6.45. The molecule has 1 aromatic heterocycles. The standard InChI is InChI=1S/C11H16BrNO3/c1-4-13-11(3,10(14)15-5-2)8-6-7-9(12)16-8/h6-7,13H,4-5H2,1-3H3. The minimum absolute atomic E-state index is 0.335. The monoisotopic (exact) mass is 289 g/mol. The molecule has 0 bridgehead atoms. The van der Waals surface area contributed by atoms with Gasteiger partial charge in [-0.15, -0.1) is 0 Å². The highest BCUT2D eigenvalue weighted by Gasteiger charge is 2.39. The molecule has 1 atom stereocenters. The lowest BCUT2D eigenvalue weighted by Crippen LogP contribution is -2.47. The number of esters is 1. The fraction of sp³-hybridized carbons (Fsp3) is 0.545. The van der Waals surface area contributed by atoms with Crippen LogP contribution in [0.1, 0.15) is 26.5 Å². The number of nitrogens with one attached hydrogen (secondary N) is 1. The summed E-state index contributed by atoms with van der Waals surface area (Å²) in [4.78, 5) is 11.9. The van der Waals surface area contributed by atoms with Gasteiger partial charge in [0.05, 0.1) is 6.61 Å². The molecule has 4 nitrogen and oxygen atoms in total. The van der Waals surface area contributed by atoms with E-state index >= 15 is 0 Å². The van der Waals surface area contributed by atoms with Gasteiger partial charge in [0.15, 0.2) is 10.2 Å². The maximum Gasteiger partial charge on any atom is 0.333 e. The lowest BCUT2D eigenvalue weighted by atomic mass is 9.99. The van der Waals surface area contributed by atoms with Crippen molar-refractivity contribution in [3.8, 4) is 0 Å². The van der Waals surface area contributed by atoms with Crippen LogP contribution in [0.2, 0.25) is 0 Å². The first kappa shape index (κ1) is 13.3. The number of furan rings is 1. The number of carbonyl (C=O) groups excluding carboxylic acids is 1. The highest BCUT2D eigenvalue weighted by atomic mass is 79.9. The van der Waals surface area contributed by atoms with Gasteiger partial charge in [0.1, 0.15) is 5.76 Å². The lowest BCUT2D eigenvalue weighted by molar-refractivity contribution is -0.151. The molecular formula is C11H16BrNO3. The molecule has 16 heavy (non-hydrogen) atoms. The average Bonchev–Trinajstić information content (AvgIpc) is 2.66. The van der Waals surface area contributed by atoms with Crippen LogP contribution in [0.4, 0.5) is 0 Å². The summed E-state index contributed by atoms with van der Waals surface area (Å²) >= 11 is 3.22. The SMILES string of the molecule is CCNC(C)(C(=O)OCC)c1ccc(Br)o1. The summed E-state index contributed by atoms with van der Waals surface area (Å²) in [6, 6.07) is 3.51. The predicted molar refractivity (Wildman–Crippen MR) is 64.1 cm³/mol. The van der Waals surface area contributed by atoms with Crippen LogP contribution in [0.25, 0.3) is 0 Å². The lowest BCUT2D eigenvalue weighted by Gasteiger charge is -2.25. The Balaban J connectivity index is 3.00. The maximum atomic E-state index is 11.9. The van der Waals surface area contributed by atoms with Gasteiger partial charge < -0.3 is 9.15 Å². The molecule has 0 saturated heterocycles. The second-order valence-electron chi connectivity index (χ2n) is 3.48. The van der Waals surface area contributed by atoms with Crippen molar-refractivity contribution in [3.05, 3.63) is 22.6 Å². The summed E-state index contributed by atoms with van der Waals surface area (Å²) in [5, 5.41) is 3.08.